The lowest BCUT2D eigenvalue weighted by atomic mass is 9.86. The van der Waals surface area contributed by atoms with Gasteiger partial charge in [0.25, 0.3) is 0 Å². The molecule has 1 N–H and O–H groups in total. The fourth-order valence-corrected chi connectivity index (χ4v) is 2.26. The molecule has 0 saturated carbocycles. The second-order valence-electron chi connectivity index (χ2n) is 6.00. The Hall–Kier alpha value is -0.960. The van der Waals surface area contributed by atoms with E-state index >= 15 is 0 Å². The number of rotatable bonds is 5. The summed E-state index contributed by atoms with van der Waals surface area (Å²) in [6, 6.07) is 3.98. The number of hydrogen-bond donors (Lipinski definition) is 1. The topological polar surface area (TPSA) is 12.0 Å². The van der Waals surface area contributed by atoms with Crippen LogP contribution in [0, 0.1) is 17.0 Å². The molecule has 0 radical (unpaired) electrons. The Kier molecular flexibility index (Phi) is 5.27. The first-order valence-electron chi connectivity index (χ1n) is 6.48. The zero-order valence-corrected chi connectivity index (χ0v) is 11.7. The molecule has 0 amide bonds. The van der Waals surface area contributed by atoms with E-state index in [0.29, 0.717) is 12.0 Å². The number of nitrogens with one attached hydrogen (secondary N) is 1. The molecule has 0 heterocycles. The zero-order valence-electron chi connectivity index (χ0n) is 11.7. The van der Waals surface area contributed by atoms with Crippen LogP contribution in [0.3, 0.4) is 0 Å². The maximum atomic E-state index is 13.1. The molecule has 3 heteroatoms. The van der Waals surface area contributed by atoms with Crippen LogP contribution >= 0.6 is 0 Å². The van der Waals surface area contributed by atoms with Crippen molar-refractivity contribution >= 4 is 0 Å². The van der Waals surface area contributed by atoms with Crippen molar-refractivity contribution in [1.82, 2.24) is 5.32 Å². The summed E-state index contributed by atoms with van der Waals surface area (Å²) in [7, 11) is 0. The molecule has 0 aromatic heterocycles. The summed E-state index contributed by atoms with van der Waals surface area (Å²) in [4.78, 5) is 0. The highest BCUT2D eigenvalue weighted by atomic mass is 19.1. The summed E-state index contributed by atoms with van der Waals surface area (Å²) in [5.74, 6) is -1.01. The van der Waals surface area contributed by atoms with Crippen molar-refractivity contribution < 1.29 is 8.78 Å². The highest BCUT2D eigenvalue weighted by molar-refractivity contribution is 5.19. The van der Waals surface area contributed by atoms with E-state index in [2.05, 4.69) is 26.1 Å². The summed E-state index contributed by atoms with van der Waals surface area (Å²) in [5.41, 5.74) is 0.904. The SMILES string of the molecule is CCNC(Cc1cc(F)cc(F)c1)CC(C)(C)C. The molecule has 0 bridgehead atoms. The van der Waals surface area contributed by atoms with Gasteiger partial charge in [0.15, 0.2) is 0 Å². The summed E-state index contributed by atoms with van der Waals surface area (Å²) in [5, 5.41) is 3.38. The van der Waals surface area contributed by atoms with Crippen LogP contribution < -0.4 is 5.32 Å². The Labute approximate surface area is 109 Å². The molecule has 1 atom stereocenters. The molecule has 0 aliphatic carbocycles. The fourth-order valence-electron chi connectivity index (χ4n) is 2.26. The van der Waals surface area contributed by atoms with Gasteiger partial charge in [-0.2, -0.15) is 0 Å². The third-order valence-electron chi connectivity index (χ3n) is 2.76. The van der Waals surface area contributed by atoms with Gasteiger partial charge in [0.05, 0.1) is 0 Å². The van der Waals surface area contributed by atoms with Gasteiger partial charge < -0.3 is 5.32 Å². The van der Waals surface area contributed by atoms with E-state index in [1.54, 1.807) is 0 Å². The lowest BCUT2D eigenvalue weighted by Crippen LogP contribution is -2.34. The van der Waals surface area contributed by atoms with Crippen molar-refractivity contribution in [2.75, 3.05) is 6.54 Å². The van der Waals surface area contributed by atoms with E-state index < -0.39 is 11.6 Å². The Morgan fingerprint density at radius 1 is 1.11 bits per heavy atom. The molecule has 0 aliphatic rings. The molecular formula is C15H23F2N. The highest BCUT2D eigenvalue weighted by Crippen LogP contribution is 2.23. The molecule has 1 aromatic rings. The molecule has 0 aliphatic heterocycles. The molecule has 1 rings (SSSR count). The Morgan fingerprint density at radius 3 is 2.11 bits per heavy atom. The molecule has 0 fully saturated rings. The third kappa shape index (κ3) is 5.58. The average Bonchev–Trinajstić information content (AvgIpc) is 2.12. The first-order valence-corrected chi connectivity index (χ1v) is 6.48. The van der Waals surface area contributed by atoms with E-state index in [1.165, 1.54) is 12.1 Å². The Morgan fingerprint density at radius 2 is 1.67 bits per heavy atom. The lowest BCUT2D eigenvalue weighted by Gasteiger charge is -2.26. The highest BCUT2D eigenvalue weighted by Gasteiger charge is 2.18. The molecule has 1 unspecified atom stereocenters. The van der Waals surface area contributed by atoms with E-state index in [9.17, 15) is 8.78 Å². The van der Waals surface area contributed by atoms with Gasteiger partial charge in [-0.1, -0.05) is 27.7 Å². The standard InChI is InChI=1S/C15H23F2N/c1-5-18-14(10-15(2,3)4)8-11-6-12(16)9-13(17)7-11/h6-7,9,14,18H,5,8,10H2,1-4H3. The lowest BCUT2D eigenvalue weighted by molar-refractivity contribution is 0.309. The van der Waals surface area contributed by atoms with Crippen LogP contribution in [0.5, 0.6) is 0 Å². The fraction of sp³-hybridized carbons (Fsp3) is 0.600. The summed E-state index contributed by atoms with van der Waals surface area (Å²) < 4.78 is 26.3. The summed E-state index contributed by atoms with van der Waals surface area (Å²) in [6.45, 7) is 9.41. The summed E-state index contributed by atoms with van der Waals surface area (Å²) in [6.07, 6.45) is 1.62. The molecular weight excluding hydrogens is 232 g/mol. The minimum atomic E-state index is -0.504. The predicted molar refractivity (Wildman–Crippen MR) is 71.6 cm³/mol. The molecule has 0 saturated heterocycles. The third-order valence-corrected chi connectivity index (χ3v) is 2.76. The van der Waals surface area contributed by atoms with Gasteiger partial charge in [-0.3, -0.25) is 0 Å². The van der Waals surface area contributed by atoms with Crippen molar-refractivity contribution in [2.24, 2.45) is 5.41 Å². The van der Waals surface area contributed by atoms with E-state index in [1.807, 2.05) is 6.92 Å². The quantitative estimate of drug-likeness (QED) is 0.841. The van der Waals surface area contributed by atoms with Crippen molar-refractivity contribution in [1.29, 1.82) is 0 Å². The van der Waals surface area contributed by atoms with Crippen molar-refractivity contribution in [3.8, 4) is 0 Å². The van der Waals surface area contributed by atoms with Crippen LogP contribution in [-0.4, -0.2) is 12.6 Å². The van der Waals surface area contributed by atoms with Crippen molar-refractivity contribution in [2.45, 2.75) is 46.6 Å². The largest absolute Gasteiger partial charge is 0.314 e. The Balaban J connectivity index is 2.76. The van der Waals surface area contributed by atoms with E-state index in [-0.39, 0.29) is 11.5 Å². The van der Waals surface area contributed by atoms with Gasteiger partial charge in [0.2, 0.25) is 0 Å². The smallest absolute Gasteiger partial charge is 0.126 e. The van der Waals surface area contributed by atoms with Crippen LogP contribution in [0.1, 0.15) is 39.7 Å². The number of likely N-dealkylation sites (N-methyl/N-ethyl adjacent to an activating group) is 1. The second kappa shape index (κ2) is 6.28. The maximum Gasteiger partial charge on any atom is 0.126 e. The van der Waals surface area contributed by atoms with Crippen LogP contribution in [-0.2, 0) is 6.42 Å². The van der Waals surface area contributed by atoms with E-state index in [0.717, 1.165) is 19.0 Å². The summed E-state index contributed by atoms with van der Waals surface area (Å²) >= 11 is 0. The average molecular weight is 255 g/mol. The maximum absolute atomic E-state index is 13.1. The molecule has 1 aromatic carbocycles. The van der Waals surface area contributed by atoms with Crippen LogP contribution in [0.4, 0.5) is 8.78 Å². The van der Waals surface area contributed by atoms with Crippen LogP contribution in [0.15, 0.2) is 18.2 Å². The zero-order chi connectivity index (χ0) is 13.8. The number of benzene rings is 1. The molecule has 0 spiro atoms. The second-order valence-corrected chi connectivity index (χ2v) is 6.00. The molecule has 1 nitrogen and oxygen atoms in total. The minimum Gasteiger partial charge on any atom is -0.314 e. The first kappa shape index (κ1) is 15.1. The Bertz CT molecular complexity index is 362. The van der Waals surface area contributed by atoms with E-state index in [4.69, 9.17) is 0 Å². The van der Waals surface area contributed by atoms with Crippen molar-refractivity contribution in [3.05, 3.63) is 35.4 Å². The van der Waals surface area contributed by atoms with Crippen LogP contribution in [0.2, 0.25) is 0 Å². The minimum absolute atomic E-state index is 0.193. The monoisotopic (exact) mass is 255 g/mol. The van der Waals surface area contributed by atoms with Gasteiger partial charge in [0.1, 0.15) is 11.6 Å². The number of hydrogen-bond acceptors (Lipinski definition) is 1. The molecule has 102 valence electrons. The predicted octanol–water partition coefficient (Wildman–Crippen LogP) is 3.92. The normalized spacial score (nSPS) is 13.7. The first-order chi connectivity index (χ1) is 8.30. The van der Waals surface area contributed by atoms with Crippen molar-refractivity contribution in [3.63, 3.8) is 0 Å². The van der Waals surface area contributed by atoms with Crippen LogP contribution in [0.25, 0.3) is 0 Å². The van der Waals surface area contributed by atoms with Gasteiger partial charge in [-0.05, 0) is 42.5 Å². The van der Waals surface area contributed by atoms with Gasteiger partial charge in [0, 0.05) is 12.1 Å². The van der Waals surface area contributed by atoms with Gasteiger partial charge in [-0.25, -0.2) is 8.78 Å². The van der Waals surface area contributed by atoms with Gasteiger partial charge >= 0.3 is 0 Å². The number of halogens is 2. The van der Waals surface area contributed by atoms with Gasteiger partial charge in [-0.15, -0.1) is 0 Å². The molecule has 18 heavy (non-hydrogen) atoms.